The lowest BCUT2D eigenvalue weighted by molar-refractivity contribution is 0.181. The van der Waals surface area contributed by atoms with Crippen LogP contribution in [0, 0.1) is 0 Å². The van der Waals surface area contributed by atoms with E-state index in [-0.39, 0.29) is 5.41 Å². The minimum Gasteiger partial charge on any atom is -0.378 e. The second kappa shape index (κ2) is 8.34. The third kappa shape index (κ3) is 5.35. The summed E-state index contributed by atoms with van der Waals surface area (Å²) in [6, 6.07) is 2.11. The van der Waals surface area contributed by atoms with E-state index in [4.69, 9.17) is 14.7 Å². The molecule has 0 N–H and O–H groups in total. The van der Waals surface area contributed by atoms with Crippen LogP contribution in [0.4, 0.5) is 5.82 Å². The fraction of sp³-hybridized carbons (Fsp3) is 0.778. The van der Waals surface area contributed by atoms with Gasteiger partial charge in [0.1, 0.15) is 11.6 Å². The molecular formula is C18H31N3OS. The Kier molecular flexibility index (Phi) is 6.72. The van der Waals surface area contributed by atoms with Crippen LogP contribution in [0.25, 0.3) is 0 Å². The lowest BCUT2D eigenvalue weighted by Crippen LogP contribution is -2.31. The molecule has 1 aromatic rings. The zero-order chi connectivity index (χ0) is 16.9. The number of rotatable bonds is 5. The Labute approximate surface area is 145 Å². The van der Waals surface area contributed by atoms with Gasteiger partial charge in [0.05, 0.1) is 12.3 Å². The highest BCUT2D eigenvalue weighted by Gasteiger charge is 2.23. The summed E-state index contributed by atoms with van der Waals surface area (Å²) < 4.78 is 5.31. The van der Waals surface area contributed by atoms with Gasteiger partial charge in [-0.2, -0.15) is 11.8 Å². The van der Waals surface area contributed by atoms with Crippen molar-refractivity contribution in [2.75, 3.05) is 30.9 Å². The first-order chi connectivity index (χ1) is 10.9. The number of aromatic nitrogens is 2. The summed E-state index contributed by atoms with van der Waals surface area (Å²) in [6.07, 6.45) is 3.88. The van der Waals surface area contributed by atoms with E-state index in [0.717, 1.165) is 30.4 Å². The molecule has 0 amide bonds. The number of anilines is 1. The summed E-state index contributed by atoms with van der Waals surface area (Å²) in [6.45, 7) is 11.5. The Hall–Kier alpha value is -0.810. The van der Waals surface area contributed by atoms with Crippen molar-refractivity contribution in [2.45, 2.75) is 64.2 Å². The van der Waals surface area contributed by atoms with E-state index in [1.807, 2.05) is 0 Å². The molecule has 130 valence electrons. The third-order valence-corrected chi connectivity index (χ3v) is 5.27. The number of hydrogen-bond acceptors (Lipinski definition) is 5. The Balaban J connectivity index is 2.30. The van der Waals surface area contributed by atoms with Crippen LogP contribution in [0.1, 0.15) is 58.5 Å². The summed E-state index contributed by atoms with van der Waals surface area (Å²) in [4.78, 5) is 12.1. The number of ether oxygens (including phenoxy) is 1. The van der Waals surface area contributed by atoms with E-state index < -0.39 is 0 Å². The molecule has 1 atom stereocenters. The molecule has 1 saturated heterocycles. The normalized spacial score (nSPS) is 19.7. The average molecular weight is 338 g/mol. The monoisotopic (exact) mass is 337 g/mol. The molecule has 4 nitrogen and oxygen atoms in total. The van der Waals surface area contributed by atoms with Gasteiger partial charge in [0.15, 0.2) is 0 Å². The molecule has 1 aromatic heterocycles. The predicted molar refractivity (Wildman–Crippen MR) is 99.4 cm³/mol. The smallest absolute Gasteiger partial charge is 0.136 e. The van der Waals surface area contributed by atoms with Crippen LogP contribution in [0.5, 0.6) is 0 Å². The van der Waals surface area contributed by atoms with Crippen LogP contribution in [0.3, 0.4) is 0 Å². The van der Waals surface area contributed by atoms with E-state index in [0.29, 0.717) is 11.9 Å². The first-order valence-corrected chi connectivity index (χ1v) is 9.73. The second-order valence-electron chi connectivity index (χ2n) is 7.24. The minimum absolute atomic E-state index is 0.0537. The molecule has 0 radical (unpaired) electrons. The molecule has 0 aromatic carbocycles. The molecule has 1 aliphatic rings. The SMILES string of the molecule is CCSC1CCCCN(c2cc(COC)nc(C(C)(C)C)n2)C1. The zero-order valence-electron chi connectivity index (χ0n) is 15.3. The van der Waals surface area contributed by atoms with E-state index in [1.165, 1.54) is 25.0 Å². The second-order valence-corrected chi connectivity index (χ2v) is 8.82. The van der Waals surface area contributed by atoms with Gasteiger partial charge < -0.3 is 9.64 Å². The fourth-order valence-electron chi connectivity index (χ4n) is 2.89. The number of hydrogen-bond donors (Lipinski definition) is 0. The highest BCUT2D eigenvalue weighted by molar-refractivity contribution is 7.99. The molecule has 0 spiro atoms. The maximum atomic E-state index is 5.31. The summed E-state index contributed by atoms with van der Waals surface area (Å²) in [5, 5.41) is 0.710. The average Bonchev–Trinajstić information content (AvgIpc) is 2.72. The van der Waals surface area contributed by atoms with Crippen molar-refractivity contribution < 1.29 is 4.74 Å². The number of nitrogens with zero attached hydrogens (tertiary/aromatic N) is 3. The maximum absolute atomic E-state index is 5.31. The summed E-state index contributed by atoms with van der Waals surface area (Å²) in [5.74, 6) is 3.16. The number of thioether (sulfide) groups is 1. The van der Waals surface area contributed by atoms with Gasteiger partial charge in [-0.05, 0) is 18.6 Å². The Morgan fingerprint density at radius 2 is 2.09 bits per heavy atom. The molecule has 0 aliphatic carbocycles. The minimum atomic E-state index is -0.0537. The standard InChI is InChI=1S/C18H31N3OS/c1-6-23-15-9-7-8-10-21(12-15)16-11-14(13-22-5)19-17(20-16)18(2,3)4/h11,15H,6-10,12-13H2,1-5H3. The van der Waals surface area contributed by atoms with Gasteiger partial charge in [-0.3, -0.25) is 0 Å². The first-order valence-electron chi connectivity index (χ1n) is 8.68. The van der Waals surface area contributed by atoms with Crippen molar-refractivity contribution in [3.8, 4) is 0 Å². The first kappa shape index (κ1) is 18.5. The molecule has 23 heavy (non-hydrogen) atoms. The zero-order valence-corrected chi connectivity index (χ0v) is 16.1. The van der Waals surface area contributed by atoms with Crippen LogP contribution in [-0.4, -0.2) is 41.2 Å². The number of methoxy groups -OCH3 is 1. The van der Waals surface area contributed by atoms with Crippen molar-refractivity contribution in [3.05, 3.63) is 17.6 Å². The lowest BCUT2D eigenvalue weighted by atomic mass is 9.95. The van der Waals surface area contributed by atoms with Crippen molar-refractivity contribution in [1.29, 1.82) is 0 Å². The Morgan fingerprint density at radius 1 is 1.30 bits per heavy atom. The van der Waals surface area contributed by atoms with Crippen LogP contribution in [0.15, 0.2) is 6.07 Å². The van der Waals surface area contributed by atoms with Crippen molar-refractivity contribution in [2.24, 2.45) is 0 Å². The molecule has 0 bridgehead atoms. The largest absolute Gasteiger partial charge is 0.378 e. The molecule has 1 aliphatic heterocycles. The van der Waals surface area contributed by atoms with Gasteiger partial charge in [-0.1, -0.05) is 34.1 Å². The van der Waals surface area contributed by atoms with Gasteiger partial charge >= 0.3 is 0 Å². The predicted octanol–water partition coefficient (Wildman–Crippen LogP) is 4.03. The highest BCUT2D eigenvalue weighted by Crippen LogP contribution is 2.27. The van der Waals surface area contributed by atoms with E-state index in [1.54, 1.807) is 7.11 Å². The summed E-state index contributed by atoms with van der Waals surface area (Å²) in [7, 11) is 1.72. The molecule has 2 rings (SSSR count). The van der Waals surface area contributed by atoms with Crippen LogP contribution >= 0.6 is 11.8 Å². The molecule has 1 unspecified atom stereocenters. The van der Waals surface area contributed by atoms with E-state index in [9.17, 15) is 0 Å². The van der Waals surface area contributed by atoms with Crippen LogP contribution < -0.4 is 4.90 Å². The van der Waals surface area contributed by atoms with Gasteiger partial charge in [-0.25, -0.2) is 9.97 Å². The van der Waals surface area contributed by atoms with E-state index >= 15 is 0 Å². The van der Waals surface area contributed by atoms with Crippen molar-refractivity contribution in [1.82, 2.24) is 9.97 Å². The maximum Gasteiger partial charge on any atom is 0.136 e. The molecule has 0 saturated carbocycles. The Morgan fingerprint density at radius 3 is 2.74 bits per heavy atom. The van der Waals surface area contributed by atoms with Crippen molar-refractivity contribution in [3.63, 3.8) is 0 Å². The molecular weight excluding hydrogens is 306 g/mol. The molecule has 5 heteroatoms. The Bertz CT molecular complexity index is 502. The molecule has 2 heterocycles. The van der Waals surface area contributed by atoms with Crippen LogP contribution in [-0.2, 0) is 16.8 Å². The van der Waals surface area contributed by atoms with Crippen molar-refractivity contribution >= 4 is 17.6 Å². The van der Waals surface area contributed by atoms with Gasteiger partial charge in [0.25, 0.3) is 0 Å². The van der Waals surface area contributed by atoms with E-state index in [2.05, 4.69) is 50.4 Å². The lowest BCUT2D eigenvalue weighted by Gasteiger charge is -2.27. The third-order valence-electron chi connectivity index (χ3n) is 4.08. The van der Waals surface area contributed by atoms with Crippen LogP contribution in [0.2, 0.25) is 0 Å². The van der Waals surface area contributed by atoms with Gasteiger partial charge in [0, 0.05) is 36.9 Å². The summed E-state index contributed by atoms with van der Waals surface area (Å²) >= 11 is 2.08. The van der Waals surface area contributed by atoms with Gasteiger partial charge in [-0.15, -0.1) is 0 Å². The quantitative estimate of drug-likeness (QED) is 0.811. The fourth-order valence-corrected chi connectivity index (χ4v) is 3.98. The topological polar surface area (TPSA) is 38.2 Å². The summed E-state index contributed by atoms with van der Waals surface area (Å²) in [5.41, 5.74) is 0.924. The highest BCUT2D eigenvalue weighted by atomic mass is 32.2. The van der Waals surface area contributed by atoms with Gasteiger partial charge in [0.2, 0.25) is 0 Å². The molecule has 1 fully saturated rings.